The van der Waals surface area contributed by atoms with Crippen LogP contribution in [-0.2, 0) is 0 Å². The van der Waals surface area contributed by atoms with Gasteiger partial charge in [0.05, 0.1) is 6.54 Å². The van der Waals surface area contributed by atoms with E-state index in [0.717, 1.165) is 18.7 Å². The van der Waals surface area contributed by atoms with E-state index in [1.807, 2.05) is 18.2 Å². The Hall–Kier alpha value is -1.19. The fourth-order valence-electron chi connectivity index (χ4n) is 2.43. The Morgan fingerprint density at radius 3 is 2.76 bits per heavy atom. The fourth-order valence-corrected chi connectivity index (χ4v) is 2.43. The maximum absolute atomic E-state index is 11.6. The quantitative estimate of drug-likeness (QED) is 0.806. The molecule has 0 amide bonds. The van der Waals surface area contributed by atoms with Gasteiger partial charge in [-0.1, -0.05) is 18.2 Å². The summed E-state index contributed by atoms with van der Waals surface area (Å²) in [6, 6.07) is 7.97. The van der Waals surface area contributed by atoms with E-state index in [9.17, 15) is 4.79 Å². The molecular formula is C14H20N2O. The van der Waals surface area contributed by atoms with Crippen molar-refractivity contribution in [3.05, 3.63) is 35.4 Å². The number of rotatable bonds is 3. The third-order valence-corrected chi connectivity index (χ3v) is 3.58. The van der Waals surface area contributed by atoms with Gasteiger partial charge in [0.25, 0.3) is 0 Å². The minimum absolute atomic E-state index is 0.0276. The lowest BCUT2D eigenvalue weighted by Gasteiger charge is -2.29. The maximum Gasteiger partial charge on any atom is 0.176 e. The second-order valence-electron chi connectivity index (χ2n) is 4.83. The molecule has 0 radical (unpaired) electrons. The van der Waals surface area contributed by atoms with Gasteiger partial charge < -0.3 is 10.6 Å². The van der Waals surface area contributed by atoms with Crippen molar-refractivity contribution >= 4 is 5.78 Å². The van der Waals surface area contributed by atoms with E-state index < -0.39 is 0 Å². The van der Waals surface area contributed by atoms with Gasteiger partial charge in [-0.2, -0.15) is 0 Å². The molecule has 3 nitrogen and oxygen atoms in total. The second kappa shape index (κ2) is 5.43. The van der Waals surface area contributed by atoms with E-state index in [1.165, 1.54) is 18.4 Å². The first-order valence-corrected chi connectivity index (χ1v) is 6.22. The lowest BCUT2D eigenvalue weighted by Crippen LogP contribution is -2.29. The maximum atomic E-state index is 11.6. The molecule has 2 N–H and O–H groups in total. The van der Waals surface area contributed by atoms with Crippen LogP contribution in [0.25, 0.3) is 0 Å². The van der Waals surface area contributed by atoms with Gasteiger partial charge in [-0.3, -0.25) is 4.79 Å². The first-order chi connectivity index (χ1) is 8.20. The summed E-state index contributed by atoms with van der Waals surface area (Å²) in [6.07, 6.45) is 2.35. The van der Waals surface area contributed by atoms with Gasteiger partial charge in [0.1, 0.15) is 0 Å². The average Bonchev–Trinajstić information content (AvgIpc) is 2.39. The Labute approximate surface area is 103 Å². The number of nitrogens with two attached hydrogens (primary N) is 1. The second-order valence-corrected chi connectivity index (χ2v) is 4.83. The van der Waals surface area contributed by atoms with Crippen molar-refractivity contribution in [3.8, 4) is 0 Å². The van der Waals surface area contributed by atoms with Gasteiger partial charge in [-0.25, -0.2) is 0 Å². The first-order valence-electron chi connectivity index (χ1n) is 6.22. The predicted molar refractivity (Wildman–Crippen MR) is 69.3 cm³/mol. The molecule has 1 saturated heterocycles. The molecule has 0 aromatic heterocycles. The van der Waals surface area contributed by atoms with Crippen molar-refractivity contribution in [2.75, 3.05) is 26.7 Å². The van der Waals surface area contributed by atoms with Crippen LogP contribution in [0.2, 0.25) is 0 Å². The van der Waals surface area contributed by atoms with Gasteiger partial charge in [0, 0.05) is 5.56 Å². The Morgan fingerprint density at radius 1 is 1.41 bits per heavy atom. The fraction of sp³-hybridized carbons (Fsp3) is 0.500. The number of ketones is 1. The highest BCUT2D eigenvalue weighted by Gasteiger charge is 2.18. The predicted octanol–water partition coefficient (Wildman–Crippen LogP) is 1.64. The summed E-state index contributed by atoms with van der Waals surface area (Å²) < 4.78 is 0. The molecule has 0 atom stereocenters. The summed E-state index contributed by atoms with van der Waals surface area (Å²) in [7, 11) is 2.16. The molecule has 0 spiro atoms. The summed E-state index contributed by atoms with van der Waals surface area (Å²) >= 11 is 0. The van der Waals surface area contributed by atoms with Crippen molar-refractivity contribution in [2.24, 2.45) is 5.73 Å². The van der Waals surface area contributed by atoms with Crippen LogP contribution in [0.1, 0.15) is 34.7 Å². The molecule has 0 aliphatic carbocycles. The van der Waals surface area contributed by atoms with Crippen LogP contribution in [0, 0.1) is 0 Å². The van der Waals surface area contributed by atoms with Crippen LogP contribution in [0.3, 0.4) is 0 Å². The normalized spacial score (nSPS) is 18.2. The zero-order valence-corrected chi connectivity index (χ0v) is 10.4. The largest absolute Gasteiger partial charge is 0.324 e. The Kier molecular flexibility index (Phi) is 3.92. The number of nitrogens with zero attached hydrogens (tertiary/aromatic N) is 1. The molecule has 1 aliphatic rings. The number of Topliss-reactive ketones (excluding diaryl/α,β-unsaturated/α-hetero) is 1. The summed E-state index contributed by atoms with van der Waals surface area (Å²) in [5, 5.41) is 0. The number of hydrogen-bond acceptors (Lipinski definition) is 3. The Morgan fingerprint density at radius 2 is 2.12 bits per heavy atom. The molecular weight excluding hydrogens is 212 g/mol. The summed E-state index contributed by atoms with van der Waals surface area (Å²) in [6.45, 7) is 2.37. The molecule has 17 heavy (non-hydrogen) atoms. The minimum Gasteiger partial charge on any atom is -0.324 e. The van der Waals surface area contributed by atoms with Gasteiger partial charge in [0.2, 0.25) is 0 Å². The molecule has 0 unspecified atom stereocenters. The van der Waals surface area contributed by atoms with E-state index in [0.29, 0.717) is 5.92 Å². The van der Waals surface area contributed by atoms with E-state index in [-0.39, 0.29) is 12.3 Å². The van der Waals surface area contributed by atoms with Crippen molar-refractivity contribution in [1.29, 1.82) is 0 Å². The summed E-state index contributed by atoms with van der Waals surface area (Å²) in [5.41, 5.74) is 7.44. The number of hydrogen-bond donors (Lipinski definition) is 1. The van der Waals surface area contributed by atoms with Crippen LogP contribution in [0.5, 0.6) is 0 Å². The highest BCUT2D eigenvalue weighted by Crippen LogP contribution is 2.27. The average molecular weight is 232 g/mol. The summed E-state index contributed by atoms with van der Waals surface area (Å²) in [4.78, 5) is 13.9. The number of carbonyl (C=O) groups is 1. The third kappa shape index (κ3) is 2.93. The SMILES string of the molecule is CN1CCC(c2cccc(C(=O)CN)c2)CC1. The molecule has 3 heteroatoms. The highest BCUT2D eigenvalue weighted by molar-refractivity contribution is 5.97. The minimum atomic E-state index is 0.0276. The van der Waals surface area contributed by atoms with Crippen LogP contribution < -0.4 is 5.73 Å². The topological polar surface area (TPSA) is 46.3 Å². The van der Waals surface area contributed by atoms with Gasteiger partial charge >= 0.3 is 0 Å². The van der Waals surface area contributed by atoms with Crippen LogP contribution >= 0.6 is 0 Å². The van der Waals surface area contributed by atoms with Crippen LogP contribution in [0.15, 0.2) is 24.3 Å². The standard InChI is InChI=1S/C14H20N2O/c1-16-7-5-11(6-8-16)12-3-2-4-13(9-12)14(17)10-15/h2-4,9,11H,5-8,10,15H2,1H3. The van der Waals surface area contributed by atoms with Gasteiger partial charge in [-0.05, 0) is 50.5 Å². The lowest BCUT2D eigenvalue weighted by atomic mass is 9.88. The molecule has 1 aliphatic heterocycles. The molecule has 92 valence electrons. The Bertz CT molecular complexity index is 395. The van der Waals surface area contributed by atoms with E-state index in [1.54, 1.807) is 0 Å². The number of likely N-dealkylation sites (tertiary alicyclic amines) is 1. The molecule has 1 fully saturated rings. The van der Waals surface area contributed by atoms with Crippen LogP contribution in [0.4, 0.5) is 0 Å². The molecule has 1 heterocycles. The van der Waals surface area contributed by atoms with Crippen molar-refractivity contribution in [1.82, 2.24) is 4.90 Å². The zero-order chi connectivity index (χ0) is 12.3. The smallest absolute Gasteiger partial charge is 0.176 e. The molecule has 1 aromatic carbocycles. The number of benzene rings is 1. The zero-order valence-electron chi connectivity index (χ0n) is 10.4. The van der Waals surface area contributed by atoms with E-state index in [2.05, 4.69) is 18.0 Å². The number of piperidine rings is 1. The lowest BCUT2D eigenvalue weighted by molar-refractivity contribution is 0.100. The van der Waals surface area contributed by atoms with Crippen molar-refractivity contribution < 1.29 is 4.79 Å². The Balaban J connectivity index is 2.13. The van der Waals surface area contributed by atoms with E-state index in [4.69, 9.17) is 5.73 Å². The third-order valence-electron chi connectivity index (χ3n) is 3.58. The molecule has 2 rings (SSSR count). The number of carbonyl (C=O) groups excluding carboxylic acids is 1. The summed E-state index contributed by atoms with van der Waals surface area (Å²) in [5.74, 6) is 0.622. The van der Waals surface area contributed by atoms with E-state index >= 15 is 0 Å². The van der Waals surface area contributed by atoms with Gasteiger partial charge in [-0.15, -0.1) is 0 Å². The monoisotopic (exact) mass is 232 g/mol. The van der Waals surface area contributed by atoms with Crippen LogP contribution in [-0.4, -0.2) is 37.4 Å². The molecule has 1 aromatic rings. The molecule has 0 bridgehead atoms. The van der Waals surface area contributed by atoms with Crippen molar-refractivity contribution in [3.63, 3.8) is 0 Å². The van der Waals surface area contributed by atoms with Crippen molar-refractivity contribution in [2.45, 2.75) is 18.8 Å². The first kappa shape index (κ1) is 12.3. The molecule has 0 saturated carbocycles. The highest BCUT2D eigenvalue weighted by atomic mass is 16.1. The van der Waals surface area contributed by atoms with Gasteiger partial charge in [0.15, 0.2) is 5.78 Å².